The standard InChI is InChI=1S/C8H13NS/c1-6(2)9-7(3)5-10-8(9)4/h5-6H,4H2,1-3H3. The van der Waals surface area contributed by atoms with Gasteiger partial charge in [-0.3, -0.25) is 0 Å². The monoisotopic (exact) mass is 155 g/mol. The van der Waals surface area contributed by atoms with Gasteiger partial charge in [0.25, 0.3) is 0 Å². The van der Waals surface area contributed by atoms with Gasteiger partial charge in [0, 0.05) is 11.7 Å². The lowest BCUT2D eigenvalue weighted by molar-refractivity contribution is 0.383. The Bertz CT molecular complexity index is 182. The lowest BCUT2D eigenvalue weighted by Crippen LogP contribution is -2.23. The zero-order chi connectivity index (χ0) is 7.72. The van der Waals surface area contributed by atoms with E-state index in [2.05, 4.69) is 37.7 Å². The summed E-state index contributed by atoms with van der Waals surface area (Å²) in [6.45, 7) is 10.4. The summed E-state index contributed by atoms with van der Waals surface area (Å²) in [4.78, 5) is 2.24. The minimum Gasteiger partial charge on any atom is -0.337 e. The number of thioether (sulfide) groups is 1. The summed E-state index contributed by atoms with van der Waals surface area (Å²) in [7, 11) is 0. The van der Waals surface area contributed by atoms with Crippen LogP contribution >= 0.6 is 11.8 Å². The largest absolute Gasteiger partial charge is 0.337 e. The lowest BCUT2D eigenvalue weighted by Gasteiger charge is -2.24. The summed E-state index contributed by atoms with van der Waals surface area (Å²) in [5.74, 6) is 0. The molecular formula is C8H13NS. The van der Waals surface area contributed by atoms with Gasteiger partial charge in [-0.25, -0.2) is 0 Å². The van der Waals surface area contributed by atoms with Crippen molar-refractivity contribution in [3.63, 3.8) is 0 Å². The Labute approximate surface area is 66.8 Å². The highest BCUT2D eigenvalue weighted by molar-refractivity contribution is 8.06. The Morgan fingerprint density at radius 1 is 1.60 bits per heavy atom. The molecule has 0 aliphatic carbocycles. The van der Waals surface area contributed by atoms with Crippen LogP contribution in [0.5, 0.6) is 0 Å². The van der Waals surface area contributed by atoms with E-state index in [1.807, 2.05) is 0 Å². The molecule has 0 amide bonds. The van der Waals surface area contributed by atoms with Gasteiger partial charge in [-0.2, -0.15) is 0 Å². The predicted molar refractivity (Wildman–Crippen MR) is 47.5 cm³/mol. The second-order valence-electron chi connectivity index (χ2n) is 2.73. The van der Waals surface area contributed by atoms with Gasteiger partial charge >= 0.3 is 0 Å². The maximum Gasteiger partial charge on any atom is 0.0722 e. The first-order valence-corrected chi connectivity index (χ1v) is 4.32. The first-order chi connectivity index (χ1) is 4.63. The smallest absolute Gasteiger partial charge is 0.0722 e. The molecule has 1 nitrogen and oxygen atoms in total. The van der Waals surface area contributed by atoms with Crippen molar-refractivity contribution in [2.75, 3.05) is 0 Å². The Morgan fingerprint density at radius 3 is 2.40 bits per heavy atom. The van der Waals surface area contributed by atoms with Gasteiger partial charge in [0.15, 0.2) is 0 Å². The predicted octanol–water partition coefficient (Wildman–Crippen LogP) is 2.78. The van der Waals surface area contributed by atoms with Gasteiger partial charge < -0.3 is 4.90 Å². The van der Waals surface area contributed by atoms with E-state index >= 15 is 0 Å². The lowest BCUT2D eigenvalue weighted by atomic mass is 10.3. The molecule has 0 N–H and O–H groups in total. The van der Waals surface area contributed by atoms with E-state index in [4.69, 9.17) is 0 Å². The number of allylic oxidation sites excluding steroid dienone is 1. The molecule has 0 atom stereocenters. The normalized spacial score (nSPS) is 18.6. The van der Waals surface area contributed by atoms with Crippen LogP contribution in [0.2, 0.25) is 0 Å². The molecule has 0 saturated carbocycles. The van der Waals surface area contributed by atoms with Gasteiger partial charge in [-0.1, -0.05) is 18.3 Å². The number of nitrogens with zero attached hydrogens (tertiary/aromatic N) is 1. The highest BCUT2D eigenvalue weighted by Gasteiger charge is 2.18. The molecule has 0 unspecified atom stereocenters. The van der Waals surface area contributed by atoms with Crippen LogP contribution in [0.1, 0.15) is 20.8 Å². The van der Waals surface area contributed by atoms with Crippen molar-refractivity contribution in [3.05, 3.63) is 22.7 Å². The molecule has 0 saturated heterocycles. The summed E-state index contributed by atoms with van der Waals surface area (Å²) in [6, 6.07) is 0.541. The van der Waals surface area contributed by atoms with Crippen molar-refractivity contribution in [1.82, 2.24) is 4.90 Å². The van der Waals surface area contributed by atoms with Gasteiger partial charge in [0.05, 0.1) is 5.03 Å². The van der Waals surface area contributed by atoms with Crippen LogP contribution in [0.15, 0.2) is 22.7 Å². The minimum absolute atomic E-state index is 0.541. The molecule has 0 radical (unpaired) electrons. The molecule has 1 aliphatic rings. The molecule has 0 aromatic carbocycles. The quantitative estimate of drug-likeness (QED) is 0.573. The minimum atomic E-state index is 0.541. The van der Waals surface area contributed by atoms with Gasteiger partial charge in [-0.15, -0.1) is 0 Å². The number of rotatable bonds is 1. The van der Waals surface area contributed by atoms with E-state index < -0.39 is 0 Å². The Kier molecular flexibility index (Phi) is 2.09. The molecule has 0 spiro atoms. The molecule has 56 valence electrons. The second kappa shape index (κ2) is 2.70. The van der Waals surface area contributed by atoms with E-state index in [1.54, 1.807) is 11.8 Å². The molecule has 10 heavy (non-hydrogen) atoms. The van der Waals surface area contributed by atoms with Crippen LogP contribution in [-0.4, -0.2) is 10.9 Å². The maximum atomic E-state index is 3.94. The molecule has 0 aromatic rings. The summed E-state index contributed by atoms with van der Waals surface area (Å²) < 4.78 is 0. The molecule has 1 aliphatic heterocycles. The zero-order valence-corrected chi connectivity index (χ0v) is 7.53. The maximum absolute atomic E-state index is 3.94. The average molecular weight is 155 g/mol. The third kappa shape index (κ3) is 1.21. The van der Waals surface area contributed by atoms with Crippen LogP contribution in [0, 0.1) is 0 Å². The average Bonchev–Trinajstić information content (AvgIpc) is 2.11. The van der Waals surface area contributed by atoms with Crippen LogP contribution in [0.3, 0.4) is 0 Å². The Balaban J connectivity index is 2.74. The molecule has 1 rings (SSSR count). The summed E-state index contributed by atoms with van der Waals surface area (Å²) in [5, 5.41) is 3.29. The van der Waals surface area contributed by atoms with Crippen molar-refractivity contribution in [3.8, 4) is 0 Å². The molecule has 2 heteroatoms. The zero-order valence-electron chi connectivity index (χ0n) is 6.72. The van der Waals surface area contributed by atoms with Crippen molar-refractivity contribution in [2.45, 2.75) is 26.8 Å². The molecular weight excluding hydrogens is 142 g/mol. The first kappa shape index (κ1) is 7.73. The topological polar surface area (TPSA) is 3.24 Å². The molecule has 0 fully saturated rings. The van der Waals surface area contributed by atoms with Crippen LogP contribution < -0.4 is 0 Å². The highest BCUT2D eigenvalue weighted by Crippen LogP contribution is 2.33. The van der Waals surface area contributed by atoms with E-state index in [9.17, 15) is 0 Å². The van der Waals surface area contributed by atoms with Crippen LogP contribution in [0.25, 0.3) is 0 Å². The van der Waals surface area contributed by atoms with Gasteiger partial charge in [0.1, 0.15) is 0 Å². The SMILES string of the molecule is C=C1SC=C(C)N1C(C)C. The third-order valence-corrected chi connectivity index (χ3v) is 2.46. The van der Waals surface area contributed by atoms with Crippen molar-refractivity contribution in [1.29, 1.82) is 0 Å². The fourth-order valence-corrected chi connectivity index (χ4v) is 2.05. The van der Waals surface area contributed by atoms with Crippen molar-refractivity contribution in [2.24, 2.45) is 0 Å². The van der Waals surface area contributed by atoms with Crippen LogP contribution in [0.4, 0.5) is 0 Å². The summed E-state index contributed by atoms with van der Waals surface area (Å²) in [6.07, 6.45) is 0. The highest BCUT2D eigenvalue weighted by atomic mass is 32.2. The van der Waals surface area contributed by atoms with E-state index in [0.29, 0.717) is 6.04 Å². The van der Waals surface area contributed by atoms with Crippen molar-refractivity contribution < 1.29 is 0 Å². The Hall–Kier alpha value is -0.370. The number of hydrogen-bond donors (Lipinski definition) is 0. The van der Waals surface area contributed by atoms with Gasteiger partial charge in [0.2, 0.25) is 0 Å². The summed E-state index contributed by atoms with van der Waals surface area (Å²) >= 11 is 1.71. The van der Waals surface area contributed by atoms with Crippen LogP contribution in [-0.2, 0) is 0 Å². The van der Waals surface area contributed by atoms with Gasteiger partial charge in [-0.05, 0) is 26.2 Å². The first-order valence-electron chi connectivity index (χ1n) is 3.44. The molecule has 1 heterocycles. The van der Waals surface area contributed by atoms with Crippen molar-refractivity contribution >= 4 is 11.8 Å². The van der Waals surface area contributed by atoms with E-state index in [1.165, 1.54) is 5.70 Å². The molecule has 0 aromatic heterocycles. The molecule has 0 bridgehead atoms. The third-order valence-electron chi connectivity index (χ3n) is 1.53. The van der Waals surface area contributed by atoms with E-state index in [0.717, 1.165) is 5.03 Å². The number of hydrogen-bond acceptors (Lipinski definition) is 2. The fraction of sp³-hybridized carbons (Fsp3) is 0.500. The fourth-order valence-electron chi connectivity index (χ4n) is 1.16. The summed E-state index contributed by atoms with van der Waals surface area (Å²) in [5.41, 5.74) is 1.31. The Morgan fingerprint density at radius 2 is 2.20 bits per heavy atom. The second-order valence-corrected chi connectivity index (χ2v) is 3.68. The van der Waals surface area contributed by atoms with E-state index in [-0.39, 0.29) is 0 Å².